The minimum Gasteiger partial charge on any atom is -0.339 e. The van der Waals surface area contributed by atoms with Gasteiger partial charge in [0.25, 0.3) is 0 Å². The Morgan fingerprint density at radius 1 is 1.17 bits per heavy atom. The van der Waals surface area contributed by atoms with Crippen LogP contribution in [0, 0.1) is 0 Å². The molecule has 1 atom stereocenters. The highest BCUT2D eigenvalue weighted by Gasteiger charge is 2.35. The number of likely N-dealkylation sites (tertiary alicyclic amines) is 1. The van der Waals surface area contributed by atoms with Gasteiger partial charge >= 0.3 is 6.18 Å². The molecule has 0 saturated carbocycles. The van der Waals surface area contributed by atoms with Crippen LogP contribution in [-0.4, -0.2) is 27.5 Å². The van der Waals surface area contributed by atoms with E-state index in [1.165, 1.54) is 11.0 Å². The normalized spacial score (nSPS) is 17.2. The maximum Gasteiger partial charge on any atom is 0.416 e. The third kappa shape index (κ3) is 4.27. The minimum absolute atomic E-state index is 0.0947. The van der Waals surface area contributed by atoms with E-state index < -0.39 is 11.7 Å². The van der Waals surface area contributed by atoms with Crippen molar-refractivity contribution in [3.05, 3.63) is 70.6 Å². The van der Waals surface area contributed by atoms with Crippen molar-refractivity contribution < 1.29 is 22.5 Å². The smallest absolute Gasteiger partial charge is 0.339 e. The second-order valence-electron chi connectivity index (χ2n) is 6.84. The highest BCUT2D eigenvalue weighted by molar-refractivity contribution is 6.30. The van der Waals surface area contributed by atoms with Gasteiger partial charge < -0.3 is 9.42 Å². The van der Waals surface area contributed by atoms with E-state index in [-0.39, 0.29) is 24.8 Å². The topological polar surface area (TPSA) is 59.2 Å². The third-order valence-electron chi connectivity index (χ3n) is 4.74. The average Bonchev–Trinajstić information content (AvgIpc) is 3.29. The number of halogens is 4. The molecule has 1 fully saturated rings. The van der Waals surface area contributed by atoms with Crippen molar-refractivity contribution in [2.24, 2.45) is 0 Å². The number of nitrogens with zero attached hydrogens (tertiary/aromatic N) is 3. The van der Waals surface area contributed by atoms with E-state index in [0.29, 0.717) is 28.8 Å². The first-order valence-corrected chi connectivity index (χ1v) is 9.21. The Hall–Kier alpha value is -2.87. The minimum atomic E-state index is -4.42. The van der Waals surface area contributed by atoms with Gasteiger partial charge in [0.05, 0.1) is 11.5 Å². The van der Waals surface area contributed by atoms with E-state index in [9.17, 15) is 18.0 Å². The van der Waals surface area contributed by atoms with Gasteiger partial charge in [-0.1, -0.05) is 28.9 Å². The Bertz CT molecular complexity index is 1030. The van der Waals surface area contributed by atoms with E-state index in [2.05, 4.69) is 10.1 Å². The lowest BCUT2D eigenvalue weighted by molar-refractivity contribution is -0.137. The number of hydrogen-bond donors (Lipinski definition) is 0. The van der Waals surface area contributed by atoms with Crippen LogP contribution in [0.4, 0.5) is 13.2 Å². The van der Waals surface area contributed by atoms with Crippen LogP contribution in [0.1, 0.15) is 29.4 Å². The van der Waals surface area contributed by atoms with Gasteiger partial charge in [-0.3, -0.25) is 4.79 Å². The third-order valence-corrected chi connectivity index (χ3v) is 4.99. The Kier molecular flexibility index (Phi) is 5.04. The first kappa shape index (κ1) is 19.4. The molecule has 0 spiro atoms. The summed E-state index contributed by atoms with van der Waals surface area (Å²) in [5, 5.41) is 4.54. The molecule has 1 saturated heterocycles. The van der Waals surface area contributed by atoms with Crippen molar-refractivity contribution >= 4 is 17.5 Å². The molecule has 29 heavy (non-hydrogen) atoms. The molecule has 2 heterocycles. The fraction of sp³-hybridized carbons (Fsp3) is 0.250. The SMILES string of the molecule is O=C1CC(c2nc(-c3ccc(Cl)cc3)no2)CN1Cc1cccc(C(F)(F)F)c1. The Morgan fingerprint density at radius 2 is 1.93 bits per heavy atom. The molecule has 9 heteroatoms. The van der Waals surface area contributed by atoms with E-state index >= 15 is 0 Å². The quantitative estimate of drug-likeness (QED) is 0.599. The van der Waals surface area contributed by atoms with Crippen molar-refractivity contribution in [1.82, 2.24) is 15.0 Å². The van der Waals surface area contributed by atoms with Crippen LogP contribution in [0.2, 0.25) is 5.02 Å². The van der Waals surface area contributed by atoms with Crippen LogP contribution in [0.15, 0.2) is 53.1 Å². The average molecular weight is 422 g/mol. The van der Waals surface area contributed by atoms with Crippen molar-refractivity contribution in [2.75, 3.05) is 6.54 Å². The van der Waals surface area contributed by atoms with Gasteiger partial charge in [-0.2, -0.15) is 18.2 Å². The molecule has 0 bridgehead atoms. The zero-order valence-electron chi connectivity index (χ0n) is 15.0. The summed E-state index contributed by atoms with van der Waals surface area (Å²) in [5.41, 5.74) is 0.415. The highest BCUT2D eigenvalue weighted by atomic mass is 35.5. The summed E-state index contributed by atoms with van der Waals surface area (Å²) >= 11 is 5.87. The molecule has 1 aromatic heterocycles. The molecule has 4 rings (SSSR count). The monoisotopic (exact) mass is 421 g/mol. The molecule has 1 unspecified atom stereocenters. The number of rotatable bonds is 4. The zero-order valence-corrected chi connectivity index (χ0v) is 15.7. The highest BCUT2D eigenvalue weighted by Crippen LogP contribution is 2.32. The van der Waals surface area contributed by atoms with Crippen LogP contribution in [0.3, 0.4) is 0 Å². The number of alkyl halides is 3. The van der Waals surface area contributed by atoms with Crippen molar-refractivity contribution in [3.63, 3.8) is 0 Å². The van der Waals surface area contributed by atoms with Gasteiger partial charge in [-0.05, 0) is 42.0 Å². The summed E-state index contributed by atoms with van der Waals surface area (Å²) in [6.07, 6.45) is -4.25. The molecule has 3 aromatic rings. The molecule has 0 radical (unpaired) electrons. The lowest BCUT2D eigenvalue weighted by atomic mass is 10.1. The van der Waals surface area contributed by atoms with Crippen LogP contribution in [0.5, 0.6) is 0 Å². The Balaban J connectivity index is 1.47. The van der Waals surface area contributed by atoms with Gasteiger partial charge in [0, 0.05) is 30.1 Å². The molecule has 2 aromatic carbocycles. The van der Waals surface area contributed by atoms with Gasteiger partial charge in [0.15, 0.2) is 0 Å². The summed E-state index contributed by atoms with van der Waals surface area (Å²) in [6.45, 7) is 0.398. The number of hydrogen-bond acceptors (Lipinski definition) is 4. The Morgan fingerprint density at radius 3 is 2.66 bits per heavy atom. The largest absolute Gasteiger partial charge is 0.416 e. The summed E-state index contributed by atoms with van der Waals surface area (Å²) in [5.74, 6) is 0.246. The van der Waals surface area contributed by atoms with Gasteiger partial charge in [0.1, 0.15) is 0 Å². The molecular weight excluding hydrogens is 407 g/mol. The Labute approximate surface area is 169 Å². The molecule has 0 aliphatic carbocycles. The van der Waals surface area contributed by atoms with E-state index in [1.807, 2.05) is 0 Å². The predicted molar refractivity (Wildman–Crippen MR) is 99.0 cm³/mol. The number of benzene rings is 2. The maximum absolute atomic E-state index is 12.9. The fourth-order valence-corrected chi connectivity index (χ4v) is 3.40. The number of aromatic nitrogens is 2. The predicted octanol–water partition coefficient (Wildman–Crippen LogP) is 4.92. The van der Waals surface area contributed by atoms with Gasteiger partial charge in [0.2, 0.25) is 17.6 Å². The lowest BCUT2D eigenvalue weighted by Gasteiger charge is -2.17. The second-order valence-corrected chi connectivity index (χ2v) is 7.27. The van der Waals surface area contributed by atoms with Crippen LogP contribution < -0.4 is 0 Å². The van der Waals surface area contributed by atoms with E-state index in [4.69, 9.17) is 16.1 Å². The summed E-state index contributed by atoms with van der Waals surface area (Å²) in [6, 6.07) is 11.9. The first-order valence-electron chi connectivity index (χ1n) is 8.83. The summed E-state index contributed by atoms with van der Waals surface area (Å²) < 4.78 is 44.0. The van der Waals surface area contributed by atoms with Gasteiger partial charge in [-0.25, -0.2) is 0 Å². The fourth-order valence-electron chi connectivity index (χ4n) is 3.27. The first-order chi connectivity index (χ1) is 13.8. The zero-order chi connectivity index (χ0) is 20.6. The van der Waals surface area contributed by atoms with Crippen molar-refractivity contribution in [2.45, 2.75) is 25.1 Å². The number of amides is 1. The van der Waals surface area contributed by atoms with Crippen molar-refractivity contribution in [1.29, 1.82) is 0 Å². The second kappa shape index (κ2) is 7.51. The van der Waals surface area contributed by atoms with Gasteiger partial charge in [-0.15, -0.1) is 0 Å². The lowest BCUT2D eigenvalue weighted by Crippen LogP contribution is -2.24. The molecule has 1 amide bonds. The molecule has 1 aliphatic heterocycles. The van der Waals surface area contributed by atoms with Crippen LogP contribution in [-0.2, 0) is 17.5 Å². The summed E-state index contributed by atoms with van der Waals surface area (Å²) in [7, 11) is 0. The number of carbonyl (C=O) groups is 1. The number of carbonyl (C=O) groups excluding carboxylic acids is 1. The van der Waals surface area contributed by atoms with E-state index in [0.717, 1.165) is 17.7 Å². The molecule has 1 aliphatic rings. The van der Waals surface area contributed by atoms with E-state index in [1.54, 1.807) is 30.3 Å². The molecule has 150 valence electrons. The molecular formula is C20H15ClF3N3O2. The standard InChI is InChI=1S/C20H15ClF3N3O2/c21-16-6-4-13(5-7-16)18-25-19(29-26-18)14-9-17(28)27(11-14)10-12-2-1-3-15(8-12)20(22,23)24/h1-8,14H,9-11H2. The molecule has 5 nitrogen and oxygen atoms in total. The molecule has 0 N–H and O–H groups in total. The maximum atomic E-state index is 12.9. The van der Waals surface area contributed by atoms with Crippen LogP contribution in [0.25, 0.3) is 11.4 Å². The van der Waals surface area contributed by atoms with Crippen LogP contribution >= 0.6 is 11.6 Å². The van der Waals surface area contributed by atoms with Crippen molar-refractivity contribution in [3.8, 4) is 11.4 Å². The summed E-state index contributed by atoms with van der Waals surface area (Å²) in [4.78, 5) is 18.2.